The zero-order valence-corrected chi connectivity index (χ0v) is 23.6. The number of methoxy groups -OCH3 is 3. The molecule has 1 aliphatic heterocycles. The Morgan fingerprint density at radius 3 is 2.40 bits per heavy atom. The Morgan fingerprint density at radius 2 is 1.75 bits per heavy atom. The Kier molecular flexibility index (Phi) is 7.55. The average Bonchev–Trinajstić information content (AvgIpc) is 3.49. The molecule has 0 spiro atoms. The Bertz CT molecular complexity index is 1640. The van der Waals surface area contributed by atoms with Gasteiger partial charge in [0, 0.05) is 10.6 Å². The number of amides is 1. The van der Waals surface area contributed by atoms with Crippen molar-refractivity contribution >= 4 is 55.7 Å². The number of carbonyl (C=O) groups excluding carboxylic acids is 2. The average molecular weight is 581 g/mol. The molecular weight excluding hydrogens is 556 g/mol. The van der Waals surface area contributed by atoms with Crippen molar-refractivity contribution < 1.29 is 33.6 Å². The summed E-state index contributed by atoms with van der Waals surface area (Å²) in [7, 11) is 4.41. The summed E-state index contributed by atoms with van der Waals surface area (Å²) in [5, 5.41) is 12.3. The van der Waals surface area contributed by atoms with E-state index in [-0.39, 0.29) is 16.5 Å². The van der Waals surface area contributed by atoms with Gasteiger partial charge < -0.3 is 24.1 Å². The lowest BCUT2D eigenvalue weighted by atomic mass is 9.94. The van der Waals surface area contributed by atoms with Crippen molar-refractivity contribution in [1.29, 1.82) is 0 Å². The second-order valence-electron chi connectivity index (χ2n) is 8.70. The van der Waals surface area contributed by atoms with Crippen molar-refractivity contribution in [1.82, 2.24) is 4.98 Å². The molecule has 5 rings (SSSR count). The van der Waals surface area contributed by atoms with Crippen LogP contribution in [-0.2, 0) is 9.59 Å². The van der Waals surface area contributed by atoms with Gasteiger partial charge in [-0.05, 0) is 55.0 Å². The largest absolute Gasteiger partial charge is 0.507 e. The molecule has 206 valence electrons. The Labute approximate surface area is 239 Å². The molecule has 1 amide bonds. The summed E-state index contributed by atoms with van der Waals surface area (Å²) in [5.74, 6) is -0.585. The van der Waals surface area contributed by atoms with E-state index in [1.807, 2.05) is 6.92 Å². The molecule has 4 aromatic rings. The standard InChI is InChI=1S/C29H25ClN2O7S/c1-5-39-18-8-6-7-15(11-18)25(33)23-24(16-12-20(36-2)27(38-4)21(13-16)37-3)32(28(35)26(23)34)29-31-19-10-9-17(30)14-22(19)40-29/h6-14,24,33H,5H2,1-4H3/b25-23+. The number of aromatic nitrogens is 1. The van der Waals surface area contributed by atoms with Gasteiger partial charge in [-0.25, -0.2) is 4.98 Å². The lowest BCUT2D eigenvalue weighted by molar-refractivity contribution is -0.132. The fourth-order valence-electron chi connectivity index (χ4n) is 4.65. The molecule has 1 aromatic heterocycles. The van der Waals surface area contributed by atoms with Crippen molar-refractivity contribution in [2.45, 2.75) is 13.0 Å². The van der Waals surface area contributed by atoms with Gasteiger partial charge in [0.15, 0.2) is 16.6 Å². The number of fused-ring (bicyclic) bond motifs is 1. The number of ether oxygens (including phenoxy) is 4. The van der Waals surface area contributed by atoms with Gasteiger partial charge in [0.2, 0.25) is 5.75 Å². The van der Waals surface area contributed by atoms with Crippen molar-refractivity contribution in [3.63, 3.8) is 0 Å². The van der Waals surface area contributed by atoms with E-state index in [2.05, 4.69) is 4.98 Å². The van der Waals surface area contributed by atoms with Crippen molar-refractivity contribution in [3.05, 3.63) is 76.3 Å². The van der Waals surface area contributed by atoms with Gasteiger partial charge in [0.05, 0.1) is 49.8 Å². The normalized spacial score (nSPS) is 16.4. The molecule has 40 heavy (non-hydrogen) atoms. The molecule has 0 radical (unpaired) electrons. The van der Waals surface area contributed by atoms with Crippen LogP contribution in [0.5, 0.6) is 23.0 Å². The number of aliphatic hydroxyl groups is 1. The van der Waals surface area contributed by atoms with Gasteiger partial charge in [0.1, 0.15) is 11.5 Å². The Hall–Kier alpha value is -4.28. The third-order valence-corrected chi connectivity index (χ3v) is 7.66. The van der Waals surface area contributed by atoms with Crippen LogP contribution in [0.1, 0.15) is 24.1 Å². The minimum absolute atomic E-state index is 0.120. The first-order valence-electron chi connectivity index (χ1n) is 12.2. The number of Topliss-reactive ketones (excluding diaryl/α,β-unsaturated/α-hetero) is 1. The molecule has 0 saturated carbocycles. The van der Waals surface area contributed by atoms with Crippen LogP contribution >= 0.6 is 22.9 Å². The molecular formula is C29H25ClN2O7S. The molecule has 9 nitrogen and oxygen atoms in total. The van der Waals surface area contributed by atoms with Crippen LogP contribution in [0.15, 0.2) is 60.2 Å². The summed E-state index contributed by atoms with van der Waals surface area (Å²) < 4.78 is 22.9. The van der Waals surface area contributed by atoms with Crippen LogP contribution in [0.4, 0.5) is 5.13 Å². The molecule has 1 unspecified atom stereocenters. The number of carbonyl (C=O) groups is 2. The summed E-state index contributed by atoms with van der Waals surface area (Å²) in [6.07, 6.45) is 0. The van der Waals surface area contributed by atoms with E-state index in [0.29, 0.717) is 51.3 Å². The summed E-state index contributed by atoms with van der Waals surface area (Å²) >= 11 is 7.39. The summed E-state index contributed by atoms with van der Waals surface area (Å²) in [4.78, 5) is 33.2. The Balaban J connectivity index is 1.77. The summed E-state index contributed by atoms with van der Waals surface area (Å²) in [6, 6.07) is 14.1. The SMILES string of the molecule is CCOc1cccc(/C(O)=C2\C(=O)C(=O)N(c3nc4ccc(Cl)cc4s3)C2c2cc(OC)c(OC)c(OC)c2)c1. The monoisotopic (exact) mass is 580 g/mol. The highest BCUT2D eigenvalue weighted by Crippen LogP contribution is 2.48. The Morgan fingerprint density at radius 1 is 1.02 bits per heavy atom. The fraction of sp³-hybridized carbons (Fsp3) is 0.207. The summed E-state index contributed by atoms with van der Waals surface area (Å²) in [5.41, 5.74) is 1.25. The quantitative estimate of drug-likeness (QED) is 0.154. The van der Waals surface area contributed by atoms with Gasteiger partial charge in [0.25, 0.3) is 5.78 Å². The van der Waals surface area contributed by atoms with Crippen LogP contribution in [0.25, 0.3) is 16.0 Å². The van der Waals surface area contributed by atoms with E-state index in [1.54, 1.807) is 54.6 Å². The van der Waals surface area contributed by atoms with Crippen LogP contribution in [-0.4, -0.2) is 49.7 Å². The van der Waals surface area contributed by atoms with E-state index in [0.717, 1.165) is 4.70 Å². The molecule has 1 aliphatic rings. The lowest BCUT2D eigenvalue weighted by Crippen LogP contribution is -2.29. The zero-order valence-electron chi connectivity index (χ0n) is 22.1. The number of rotatable bonds is 8. The van der Waals surface area contributed by atoms with Gasteiger partial charge >= 0.3 is 5.91 Å². The number of halogens is 1. The molecule has 11 heteroatoms. The number of anilines is 1. The van der Waals surface area contributed by atoms with Gasteiger partial charge in [-0.3, -0.25) is 14.5 Å². The highest BCUT2D eigenvalue weighted by atomic mass is 35.5. The number of benzene rings is 3. The highest BCUT2D eigenvalue weighted by Gasteiger charge is 2.48. The van der Waals surface area contributed by atoms with E-state index < -0.39 is 17.7 Å². The van der Waals surface area contributed by atoms with Crippen LogP contribution in [0.2, 0.25) is 5.02 Å². The number of hydrogen-bond acceptors (Lipinski definition) is 9. The van der Waals surface area contributed by atoms with E-state index >= 15 is 0 Å². The third kappa shape index (κ3) is 4.69. The van der Waals surface area contributed by atoms with E-state index in [9.17, 15) is 14.7 Å². The maximum absolute atomic E-state index is 13.6. The molecule has 0 bridgehead atoms. The predicted molar refractivity (Wildman–Crippen MR) is 153 cm³/mol. The predicted octanol–water partition coefficient (Wildman–Crippen LogP) is 6.00. The first-order valence-corrected chi connectivity index (χ1v) is 13.4. The van der Waals surface area contributed by atoms with Crippen molar-refractivity contribution in [2.24, 2.45) is 0 Å². The number of aliphatic hydroxyl groups excluding tert-OH is 1. The first kappa shape index (κ1) is 27.3. The van der Waals surface area contributed by atoms with Gasteiger partial charge in [-0.2, -0.15) is 0 Å². The maximum atomic E-state index is 13.6. The number of ketones is 1. The topological polar surface area (TPSA) is 107 Å². The first-order chi connectivity index (χ1) is 19.3. The molecule has 1 atom stereocenters. The number of hydrogen-bond donors (Lipinski definition) is 1. The van der Waals surface area contributed by atoms with Crippen molar-refractivity contribution in [3.8, 4) is 23.0 Å². The van der Waals surface area contributed by atoms with E-state index in [4.69, 9.17) is 30.5 Å². The van der Waals surface area contributed by atoms with E-state index in [1.165, 1.54) is 37.6 Å². The van der Waals surface area contributed by atoms with Crippen LogP contribution < -0.4 is 23.8 Å². The van der Waals surface area contributed by atoms with Gasteiger partial charge in [-0.15, -0.1) is 0 Å². The number of nitrogens with zero attached hydrogens (tertiary/aromatic N) is 2. The molecule has 3 aromatic carbocycles. The molecule has 1 fully saturated rings. The lowest BCUT2D eigenvalue weighted by Gasteiger charge is -2.24. The minimum Gasteiger partial charge on any atom is -0.507 e. The smallest absolute Gasteiger partial charge is 0.301 e. The second kappa shape index (κ2) is 11.1. The third-order valence-electron chi connectivity index (χ3n) is 6.41. The second-order valence-corrected chi connectivity index (χ2v) is 10.1. The molecule has 1 N–H and O–H groups in total. The molecule has 2 heterocycles. The highest BCUT2D eigenvalue weighted by molar-refractivity contribution is 7.22. The van der Waals surface area contributed by atoms with Gasteiger partial charge in [-0.1, -0.05) is 35.1 Å². The zero-order chi connectivity index (χ0) is 28.6. The summed E-state index contributed by atoms with van der Waals surface area (Å²) in [6.45, 7) is 2.26. The molecule has 1 saturated heterocycles. The van der Waals surface area contributed by atoms with Crippen LogP contribution in [0.3, 0.4) is 0 Å². The minimum atomic E-state index is -1.07. The fourth-order valence-corrected chi connectivity index (χ4v) is 5.92. The number of thiazole rings is 1. The van der Waals surface area contributed by atoms with Crippen molar-refractivity contribution in [2.75, 3.05) is 32.8 Å². The van der Waals surface area contributed by atoms with Crippen LogP contribution in [0, 0.1) is 0 Å². The maximum Gasteiger partial charge on any atom is 0.301 e. The molecule has 0 aliphatic carbocycles.